The van der Waals surface area contributed by atoms with Crippen LogP contribution in [0.1, 0.15) is 0 Å². The summed E-state index contributed by atoms with van der Waals surface area (Å²) >= 11 is 10.7. The molecule has 0 saturated heterocycles. The van der Waals surface area contributed by atoms with Crippen molar-refractivity contribution in [1.29, 1.82) is 0 Å². The minimum Gasteiger partial charge on any atom is -0.314 e. The Morgan fingerprint density at radius 3 is 2.47 bits per heavy atom. The third-order valence-electron chi connectivity index (χ3n) is 1.22. The molecule has 4 nitrogen and oxygen atoms in total. The van der Waals surface area contributed by atoms with Crippen LogP contribution in [0, 0.1) is 0 Å². The van der Waals surface area contributed by atoms with Crippen molar-refractivity contribution in [2.75, 3.05) is 5.32 Å². The number of carbonyl (C=O) groups excluding carboxylic acids is 1. The third-order valence-corrected chi connectivity index (χ3v) is 1.69. The summed E-state index contributed by atoms with van der Waals surface area (Å²) < 4.78 is 35.5. The first kappa shape index (κ1) is 12.0. The zero-order chi connectivity index (χ0) is 11.6. The Bertz CT molecular complexity index is 396. The first-order chi connectivity index (χ1) is 6.80. The minimum atomic E-state index is -5.00. The van der Waals surface area contributed by atoms with Gasteiger partial charge in [-0.2, -0.15) is 13.2 Å². The van der Waals surface area contributed by atoms with Gasteiger partial charge in [0, 0.05) is 0 Å². The summed E-state index contributed by atoms with van der Waals surface area (Å²) in [5, 5.41) is 0.898. The molecule has 0 unspecified atom stereocenters. The highest BCUT2D eigenvalue weighted by molar-refractivity contribution is 6.34. The van der Waals surface area contributed by atoms with E-state index < -0.39 is 12.1 Å². The van der Waals surface area contributed by atoms with E-state index in [1.54, 1.807) is 0 Å². The molecule has 1 aromatic rings. The number of carbonyl (C=O) groups is 1. The van der Waals surface area contributed by atoms with E-state index in [4.69, 9.17) is 23.2 Å². The average molecular weight is 260 g/mol. The van der Waals surface area contributed by atoms with Crippen LogP contribution in [0.4, 0.5) is 18.9 Å². The molecular formula is C6H2Cl2F3N3O. The molecule has 0 aliphatic carbocycles. The second-order valence-corrected chi connectivity index (χ2v) is 2.99. The topological polar surface area (TPSA) is 54.9 Å². The minimum absolute atomic E-state index is 0.231. The number of anilines is 1. The van der Waals surface area contributed by atoms with Gasteiger partial charge in [0.05, 0.1) is 11.9 Å². The van der Waals surface area contributed by atoms with E-state index in [1.165, 1.54) is 5.32 Å². The lowest BCUT2D eigenvalue weighted by atomic mass is 10.5. The first-order valence-electron chi connectivity index (χ1n) is 3.37. The van der Waals surface area contributed by atoms with Crippen LogP contribution >= 0.6 is 23.2 Å². The Labute approximate surface area is 91.4 Å². The summed E-state index contributed by atoms with van der Waals surface area (Å²) in [5.41, 5.74) is -0.358. The fraction of sp³-hybridized carbons (Fsp3) is 0.167. The number of nitrogens with one attached hydrogen (secondary N) is 1. The van der Waals surface area contributed by atoms with Crippen molar-refractivity contribution < 1.29 is 18.0 Å². The fourth-order valence-corrected chi connectivity index (χ4v) is 0.971. The van der Waals surface area contributed by atoms with Gasteiger partial charge in [0.2, 0.25) is 5.28 Å². The molecule has 0 bridgehead atoms. The van der Waals surface area contributed by atoms with Gasteiger partial charge < -0.3 is 5.32 Å². The van der Waals surface area contributed by atoms with Gasteiger partial charge in [-0.3, -0.25) is 4.79 Å². The van der Waals surface area contributed by atoms with Crippen LogP contribution in [0.2, 0.25) is 10.4 Å². The van der Waals surface area contributed by atoms with Crippen LogP contribution in [0.3, 0.4) is 0 Å². The molecule has 1 rings (SSSR count). The predicted octanol–water partition coefficient (Wildman–Crippen LogP) is 2.28. The fourth-order valence-electron chi connectivity index (χ4n) is 0.618. The second-order valence-electron chi connectivity index (χ2n) is 2.30. The number of alkyl halides is 3. The van der Waals surface area contributed by atoms with E-state index in [2.05, 4.69) is 9.97 Å². The van der Waals surface area contributed by atoms with E-state index in [0.29, 0.717) is 0 Å². The number of nitrogens with zero attached hydrogens (tertiary/aromatic N) is 2. The summed E-state index contributed by atoms with van der Waals surface area (Å²) in [5.74, 6) is -2.16. The van der Waals surface area contributed by atoms with Crippen molar-refractivity contribution in [3.05, 3.63) is 16.6 Å². The highest BCUT2D eigenvalue weighted by Gasteiger charge is 2.39. The summed E-state index contributed by atoms with van der Waals surface area (Å²) in [4.78, 5) is 17.2. The molecule has 0 aliphatic heterocycles. The van der Waals surface area contributed by atoms with Crippen molar-refractivity contribution in [3.63, 3.8) is 0 Å². The average Bonchev–Trinajstić information content (AvgIpc) is 2.08. The molecule has 0 fully saturated rings. The summed E-state index contributed by atoms with van der Waals surface area (Å²) in [7, 11) is 0. The number of hydrogen-bond acceptors (Lipinski definition) is 3. The quantitative estimate of drug-likeness (QED) is 0.622. The van der Waals surface area contributed by atoms with Gasteiger partial charge in [0.1, 0.15) is 0 Å². The third kappa shape index (κ3) is 3.21. The highest BCUT2D eigenvalue weighted by atomic mass is 35.5. The maximum Gasteiger partial charge on any atom is 0.471 e. The summed E-state index contributed by atoms with van der Waals surface area (Å²) in [6, 6.07) is 0. The zero-order valence-electron chi connectivity index (χ0n) is 6.77. The standard InChI is InChI=1S/C6H2Cl2F3N3O/c7-3-2(1-12-5(8)14-3)13-4(15)6(9,10)11/h1H,(H,13,15). The summed E-state index contributed by atoms with van der Waals surface area (Å²) in [6.07, 6.45) is -4.12. The smallest absolute Gasteiger partial charge is 0.314 e. The molecule has 0 atom stereocenters. The highest BCUT2D eigenvalue weighted by Crippen LogP contribution is 2.22. The Morgan fingerprint density at radius 2 is 2.00 bits per heavy atom. The van der Waals surface area contributed by atoms with Crippen LogP contribution < -0.4 is 5.32 Å². The van der Waals surface area contributed by atoms with Crippen LogP contribution in [0.5, 0.6) is 0 Å². The maximum absolute atomic E-state index is 11.8. The van der Waals surface area contributed by atoms with Gasteiger partial charge in [0.25, 0.3) is 0 Å². The van der Waals surface area contributed by atoms with Crippen molar-refractivity contribution >= 4 is 34.8 Å². The monoisotopic (exact) mass is 259 g/mol. The normalized spacial score (nSPS) is 11.3. The number of halogens is 5. The Morgan fingerprint density at radius 1 is 1.40 bits per heavy atom. The maximum atomic E-state index is 11.8. The number of rotatable bonds is 1. The van der Waals surface area contributed by atoms with Crippen molar-refractivity contribution in [3.8, 4) is 0 Å². The van der Waals surface area contributed by atoms with Gasteiger partial charge >= 0.3 is 12.1 Å². The lowest BCUT2D eigenvalue weighted by molar-refractivity contribution is -0.167. The molecule has 1 heterocycles. The van der Waals surface area contributed by atoms with Crippen LogP contribution in [0.25, 0.3) is 0 Å². The summed E-state index contributed by atoms with van der Waals surface area (Å²) in [6.45, 7) is 0. The largest absolute Gasteiger partial charge is 0.471 e. The first-order valence-corrected chi connectivity index (χ1v) is 4.12. The second kappa shape index (κ2) is 4.19. The van der Waals surface area contributed by atoms with E-state index in [1.807, 2.05) is 0 Å². The van der Waals surface area contributed by atoms with Gasteiger partial charge in [-0.25, -0.2) is 9.97 Å². The van der Waals surface area contributed by atoms with E-state index in [0.717, 1.165) is 6.20 Å². The van der Waals surface area contributed by atoms with E-state index >= 15 is 0 Å². The molecule has 0 aliphatic rings. The molecule has 1 amide bonds. The zero-order valence-corrected chi connectivity index (χ0v) is 8.28. The molecule has 1 N–H and O–H groups in total. The molecular weight excluding hydrogens is 258 g/mol. The van der Waals surface area contributed by atoms with E-state index in [9.17, 15) is 18.0 Å². The van der Waals surface area contributed by atoms with Crippen LogP contribution in [0.15, 0.2) is 6.20 Å². The van der Waals surface area contributed by atoms with Crippen LogP contribution in [-0.2, 0) is 4.79 Å². The Hall–Kier alpha value is -1.08. The molecule has 0 radical (unpaired) electrons. The molecule has 15 heavy (non-hydrogen) atoms. The Kier molecular flexibility index (Phi) is 3.35. The van der Waals surface area contributed by atoms with Gasteiger partial charge in [-0.05, 0) is 11.6 Å². The van der Waals surface area contributed by atoms with Crippen LogP contribution in [-0.4, -0.2) is 22.1 Å². The van der Waals surface area contributed by atoms with Crippen molar-refractivity contribution in [2.24, 2.45) is 0 Å². The molecule has 82 valence electrons. The number of hydrogen-bond donors (Lipinski definition) is 1. The Balaban J connectivity index is 2.87. The lowest BCUT2D eigenvalue weighted by Gasteiger charge is -2.07. The molecule has 0 saturated carbocycles. The molecule has 0 spiro atoms. The van der Waals surface area contributed by atoms with Crippen molar-refractivity contribution in [2.45, 2.75) is 6.18 Å². The van der Waals surface area contributed by atoms with Gasteiger partial charge in [0.15, 0.2) is 5.15 Å². The van der Waals surface area contributed by atoms with Gasteiger partial charge in [-0.1, -0.05) is 11.6 Å². The van der Waals surface area contributed by atoms with Gasteiger partial charge in [-0.15, -0.1) is 0 Å². The lowest BCUT2D eigenvalue weighted by Crippen LogP contribution is -2.30. The number of amides is 1. The number of aromatic nitrogens is 2. The molecule has 1 aromatic heterocycles. The predicted molar refractivity (Wildman–Crippen MR) is 46.7 cm³/mol. The SMILES string of the molecule is O=C(Nc1cnc(Cl)nc1Cl)C(F)(F)F. The molecule has 0 aromatic carbocycles. The molecule has 9 heteroatoms. The van der Waals surface area contributed by atoms with Crippen molar-refractivity contribution in [1.82, 2.24) is 9.97 Å². The van der Waals surface area contributed by atoms with E-state index in [-0.39, 0.29) is 16.1 Å².